The van der Waals surface area contributed by atoms with Gasteiger partial charge in [-0.3, -0.25) is 4.79 Å². The molecule has 0 atom stereocenters. The summed E-state index contributed by atoms with van der Waals surface area (Å²) in [6, 6.07) is 21.4. The lowest BCUT2D eigenvalue weighted by Crippen LogP contribution is -2.14. The normalized spacial score (nSPS) is 10.3. The molecule has 1 amide bonds. The van der Waals surface area contributed by atoms with Crippen molar-refractivity contribution in [3.05, 3.63) is 84.2 Å². The van der Waals surface area contributed by atoms with Gasteiger partial charge >= 0.3 is 0 Å². The molecule has 0 heterocycles. The Morgan fingerprint density at radius 1 is 1.00 bits per heavy atom. The van der Waals surface area contributed by atoms with Crippen molar-refractivity contribution in [1.82, 2.24) is 0 Å². The Kier molecular flexibility index (Phi) is 5.36. The van der Waals surface area contributed by atoms with Gasteiger partial charge in [-0.05, 0) is 36.4 Å². The number of ether oxygens (including phenoxy) is 1. The van der Waals surface area contributed by atoms with Crippen LogP contribution in [0.3, 0.4) is 0 Å². The van der Waals surface area contributed by atoms with Gasteiger partial charge in [0, 0.05) is 15.9 Å². The van der Waals surface area contributed by atoms with Crippen molar-refractivity contribution >= 4 is 23.4 Å². The Hall–Kier alpha value is -2.79. The van der Waals surface area contributed by atoms with E-state index < -0.39 is 11.7 Å². The number of amides is 1. The molecule has 25 heavy (non-hydrogen) atoms. The zero-order valence-corrected chi connectivity index (χ0v) is 14.3. The number of rotatable bonds is 5. The van der Waals surface area contributed by atoms with Crippen LogP contribution >= 0.6 is 11.8 Å². The molecular weight excluding hydrogens is 337 g/mol. The van der Waals surface area contributed by atoms with Crippen LogP contribution in [-0.4, -0.2) is 13.0 Å². The second kappa shape index (κ2) is 7.85. The quantitative estimate of drug-likeness (QED) is 0.682. The van der Waals surface area contributed by atoms with E-state index in [0.717, 1.165) is 9.79 Å². The number of methoxy groups -OCH3 is 1. The second-order valence-electron chi connectivity index (χ2n) is 5.21. The summed E-state index contributed by atoms with van der Waals surface area (Å²) in [5, 5.41) is 2.78. The molecule has 1 N–H and O–H groups in total. The summed E-state index contributed by atoms with van der Waals surface area (Å²) in [6.07, 6.45) is 0. The third-order valence-electron chi connectivity index (χ3n) is 3.53. The number of nitrogens with one attached hydrogen (secondary N) is 1. The fourth-order valence-corrected chi connectivity index (χ4v) is 3.19. The van der Waals surface area contributed by atoms with E-state index in [2.05, 4.69) is 5.32 Å². The summed E-state index contributed by atoms with van der Waals surface area (Å²) < 4.78 is 19.1. The number of hydrogen-bond donors (Lipinski definition) is 1. The highest BCUT2D eigenvalue weighted by Crippen LogP contribution is 2.33. The number of carbonyl (C=O) groups is 1. The van der Waals surface area contributed by atoms with Gasteiger partial charge in [-0.15, -0.1) is 0 Å². The Labute approximate surface area is 149 Å². The summed E-state index contributed by atoms with van der Waals surface area (Å²) >= 11 is 1.53. The molecule has 0 aromatic heterocycles. The first-order valence-corrected chi connectivity index (χ1v) is 8.46. The van der Waals surface area contributed by atoms with Crippen molar-refractivity contribution < 1.29 is 13.9 Å². The largest absolute Gasteiger partial charge is 0.497 e. The molecule has 0 unspecified atom stereocenters. The summed E-state index contributed by atoms with van der Waals surface area (Å²) in [4.78, 5) is 14.4. The lowest BCUT2D eigenvalue weighted by atomic mass is 10.2. The van der Waals surface area contributed by atoms with Crippen LogP contribution in [0.2, 0.25) is 0 Å². The van der Waals surface area contributed by atoms with Crippen LogP contribution in [0.5, 0.6) is 5.75 Å². The number of hydrogen-bond acceptors (Lipinski definition) is 3. The number of benzene rings is 3. The molecule has 3 aromatic rings. The molecule has 0 fully saturated rings. The van der Waals surface area contributed by atoms with Gasteiger partial charge in [-0.1, -0.05) is 42.1 Å². The van der Waals surface area contributed by atoms with Crippen LogP contribution in [0.1, 0.15) is 10.4 Å². The van der Waals surface area contributed by atoms with E-state index in [1.165, 1.54) is 31.0 Å². The summed E-state index contributed by atoms with van der Waals surface area (Å²) in [5.74, 6) is -0.750. The van der Waals surface area contributed by atoms with Crippen molar-refractivity contribution in [1.29, 1.82) is 0 Å². The van der Waals surface area contributed by atoms with Crippen LogP contribution < -0.4 is 10.1 Å². The molecule has 5 heteroatoms. The maximum atomic E-state index is 14.1. The van der Waals surface area contributed by atoms with Crippen LogP contribution in [0.15, 0.2) is 82.6 Å². The predicted molar refractivity (Wildman–Crippen MR) is 97.9 cm³/mol. The summed E-state index contributed by atoms with van der Waals surface area (Å²) in [7, 11) is 1.45. The fourth-order valence-electron chi connectivity index (χ4n) is 2.27. The predicted octanol–water partition coefficient (Wildman–Crippen LogP) is 5.24. The number of halogens is 1. The lowest BCUT2D eigenvalue weighted by Gasteiger charge is -2.11. The molecule has 3 nitrogen and oxygen atoms in total. The van der Waals surface area contributed by atoms with E-state index in [4.69, 9.17) is 4.74 Å². The molecule has 0 spiro atoms. The summed E-state index contributed by atoms with van der Waals surface area (Å²) in [5.41, 5.74) is 0.608. The fraction of sp³-hybridized carbons (Fsp3) is 0.0500. The molecule has 126 valence electrons. The standard InChI is InChI=1S/C20H16FNO2S/c1-24-14-11-12-16(17(21)13-14)20(23)22-18-9-5-6-10-19(18)25-15-7-3-2-4-8-15/h2-13H,1H3,(H,22,23). The molecule has 0 radical (unpaired) electrons. The smallest absolute Gasteiger partial charge is 0.258 e. The van der Waals surface area contributed by atoms with Gasteiger partial charge in [0.15, 0.2) is 0 Å². The average Bonchev–Trinajstić information content (AvgIpc) is 2.64. The zero-order chi connectivity index (χ0) is 17.6. The molecule has 0 saturated heterocycles. The minimum absolute atomic E-state index is 0.0275. The Balaban J connectivity index is 1.82. The minimum atomic E-state index is -0.620. The van der Waals surface area contributed by atoms with E-state index >= 15 is 0 Å². The first-order chi connectivity index (χ1) is 12.2. The van der Waals surface area contributed by atoms with E-state index in [1.54, 1.807) is 12.1 Å². The van der Waals surface area contributed by atoms with Crippen molar-refractivity contribution in [2.24, 2.45) is 0 Å². The molecular formula is C20H16FNO2S. The van der Waals surface area contributed by atoms with Gasteiger partial charge in [0.1, 0.15) is 11.6 Å². The van der Waals surface area contributed by atoms with Gasteiger partial charge < -0.3 is 10.1 Å². The van der Waals surface area contributed by atoms with Gasteiger partial charge in [0.2, 0.25) is 0 Å². The molecule has 0 saturated carbocycles. The Bertz CT molecular complexity index is 884. The van der Waals surface area contributed by atoms with Crippen molar-refractivity contribution in [2.75, 3.05) is 12.4 Å². The maximum absolute atomic E-state index is 14.1. The molecule has 3 aromatic carbocycles. The monoisotopic (exact) mass is 353 g/mol. The first kappa shape index (κ1) is 17.0. The minimum Gasteiger partial charge on any atom is -0.497 e. The SMILES string of the molecule is COc1ccc(C(=O)Nc2ccccc2Sc2ccccc2)c(F)c1. The third kappa shape index (κ3) is 4.19. The van der Waals surface area contributed by atoms with Crippen molar-refractivity contribution in [3.8, 4) is 5.75 Å². The molecule has 0 aliphatic heterocycles. The maximum Gasteiger partial charge on any atom is 0.258 e. The summed E-state index contributed by atoms with van der Waals surface area (Å²) in [6.45, 7) is 0. The zero-order valence-electron chi connectivity index (χ0n) is 13.5. The highest BCUT2D eigenvalue weighted by Gasteiger charge is 2.14. The molecule has 0 aliphatic carbocycles. The second-order valence-corrected chi connectivity index (χ2v) is 6.33. The van der Waals surface area contributed by atoms with E-state index in [0.29, 0.717) is 11.4 Å². The molecule has 0 aliphatic rings. The van der Waals surface area contributed by atoms with E-state index in [1.807, 2.05) is 48.5 Å². The van der Waals surface area contributed by atoms with Crippen LogP contribution in [0, 0.1) is 5.82 Å². The van der Waals surface area contributed by atoms with Gasteiger partial charge in [0.05, 0.1) is 18.4 Å². The Morgan fingerprint density at radius 2 is 1.72 bits per heavy atom. The van der Waals surface area contributed by atoms with Gasteiger partial charge in [0.25, 0.3) is 5.91 Å². The molecule has 3 rings (SSSR count). The third-order valence-corrected chi connectivity index (χ3v) is 4.61. The topological polar surface area (TPSA) is 38.3 Å². The van der Waals surface area contributed by atoms with Gasteiger partial charge in [-0.2, -0.15) is 0 Å². The first-order valence-electron chi connectivity index (χ1n) is 7.64. The number of anilines is 1. The number of para-hydroxylation sites is 1. The highest BCUT2D eigenvalue weighted by molar-refractivity contribution is 7.99. The molecule has 0 bridgehead atoms. The lowest BCUT2D eigenvalue weighted by molar-refractivity contribution is 0.102. The van der Waals surface area contributed by atoms with Crippen LogP contribution in [-0.2, 0) is 0 Å². The van der Waals surface area contributed by atoms with Crippen LogP contribution in [0.4, 0.5) is 10.1 Å². The number of carbonyl (C=O) groups excluding carboxylic acids is 1. The van der Waals surface area contributed by atoms with Crippen molar-refractivity contribution in [3.63, 3.8) is 0 Å². The van der Waals surface area contributed by atoms with Gasteiger partial charge in [-0.25, -0.2) is 4.39 Å². The average molecular weight is 353 g/mol. The van der Waals surface area contributed by atoms with E-state index in [9.17, 15) is 9.18 Å². The van der Waals surface area contributed by atoms with Crippen molar-refractivity contribution in [2.45, 2.75) is 9.79 Å². The highest BCUT2D eigenvalue weighted by atomic mass is 32.2. The Morgan fingerprint density at radius 3 is 2.44 bits per heavy atom. The van der Waals surface area contributed by atoms with Crippen LogP contribution in [0.25, 0.3) is 0 Å². The van der Waals surface area contributed by atoms with E-state index in [-0.39, 0.29) is 5.56 Å².